The van der Waals surface area contributed by atoms with Crippen molar-refractivity contribution in [3.05, 3.63) is 25.2 Å². The van der Waals surface area contributed by atoms with E-state index >= 15 is 0 Å². The molecule has 1 aliphatic heterocycles. The van der Waals surface area contributed by atoms with Gasteiger partial charge in [-0.05, 0) is 6.08 Å². The summed E-state index contributed by atoms with van der Waals surface area (Å²) < 4.78 is 4.25. The van der Waals surface area contributed by atoms with Gasteiger partial charge in [0, 0.05) is 0 Å². The molecule has 0 atom stereocenters. The molecular weight excluding hydrogens is 106 g/mol. The first-order chi connectivity index (χ1) is 3.77. The Hall–Kier alpha value is -1.25. The van der Waals surface area contributed by atoms with Crippen molar-refractivity contribution in [2.24, 2.45) is 5.73 Å². The number of ether oxygens (including phenoxy) is 1. The fourth-order valence-electron chi connectivity index (χ4n) is 0. The van der Waals surface area contributed by atoms with Crippen LogP contribution in [0.1, 0.15) is 0 Å². The molecule has 44 valence electrons. The Morgan fingerprint density at radius 2 is 2.00 bits per heavy atom. The van der Waals surface area contributed by atoms with Gasteiger partial charge < -0.3 is 10.5 Å². The van der Waals surface area contributed by atoms with Crippen LogP contribution in [0.3, 0.4) is 0 Å². The summed E-state index contributed by atoms with van der Waals surface area (Å²) in [7, 11) is 0. The predicted octanol–water partition coefficient (Wildman–Crippen LogP) is 0.146. The molecule has 1 rings (SSSR count). The van der Waals surface area contributed by atoms with Crippen LogP contribution in [-0.4, -0.2) is 5.91 Å². The first kappa shape index (κ1) is 6.75. The molecule has 0 saturated heterocycles. The fraction of sp³-hybridized carbons (Fsp3) is 0. The average molecular weight is 113 g/mol. The molecule has 1 heterocycles. The van der Waals surface area contributed by atoms with E-state index in [1.165, 1.54) is 0 Å². The van der Waals surface area contributed by atoms with Gasteiger partial charge in [-0.2, -0.15) is 0 Å². The zero-order chi connectivity index (χ0) is 6.41. The third-order valence-corrected chi connectivity index (χ3v) is 0.337. The van der Waals surface area contributed by atoms with Gasteiger partial charge >= 0.3 is 0 Å². The third kappa shape index (κ3) is 21.8. The van der Waals surface area contributed by atoms with E-state index in [0.717, 1.165) is 6.08 Å². The molecule has 1 aliphatic rings. The molecule has 8 heavy (non-hydrogen) atoms. The minimum absolute atomic E-state index is 0.481. The first-order valence-corrected chi connectivity index (χ1v) is 1.99. The number of primary amides is 1. The molecule has 0 radical (unpaired) electrons. The maximum absolute atomic E-state index is 9.47. The maximum Gasteiger partial charge on any atom is 0.240 e. The van der Waals surface area contributed by atoms with Gasteiger partial charge in [0.1, 0.15) is 12.5 Å². The quantitative estimate of drug-likeness (QED) is 0.492. The van der Waals surface area contributed by atoms with Crippen LogP contribution in [0.2, 0.25) is 0 Å². The van der Waals surface area contributed by atoms with Crippen molar-refractivity contribution in [3.8, 4) is 0 Å². The van der Waals surface area contributed by atoms with E-state index in [-0.39, 0.29) is 0 Å². The smallest absolute Gasteiger partial charge is 0.240 e. The maximum atomic E-state index is 9.47. The topological polar surface area (TPSA) is 55.6 Å². The normalized spacial score (nSPS) is 10.0. The largest absolute Gasteiger partial charge is 0.466 e. The van der Waals surface area contributed by atoms with E-state index in [9.17, 15) is 4.79 Å². The van der Waals surface area contributed by atoms with E-state index in [1.54, 1.807) is 12.5 Å². The molecule has 0 bridgehead atoms. The van der Waals surface area contributed by atoms with Gasteiger partial charge in [0.2, 0.25) is 5.91 Å². The Balaban J connectivity index is 0.000000135. The average Bonchev–Trinajstić information content (AvgIpc) is 2.48. The number of carbonyl (C=O) groups excluding carboxylic acids is 1. The summed E-state index contributed by atoms with van der Waals surface area (Å²) >= 11 is 0. The van der Waals surface area contributed by atoms with Crippen molar-refractivity contribution < 1.29 is 9.53 Å². The van der Waals surface area contributed by atoms with Crippen LogP contribution in [0.25, 0.3) is 0 Å². The molecule has 0 spiro atoms. The number of carbonyl (C=O) groups is 1. The summed E-state index contributed by atoms with van der Waals surface area (Å²) in [6.07, 6.45) is 4.31. The SMILES string of the molecule is C1=CO1.C=CC(N)=O. The Labute approximate surface area is 47.4 Å². The minimum Gasteiger partial charge on any atom is -0.466 e. The Morgan fingerprint density at radius 3 is 2.00 bits per heavy atom. The van der Waals surface area contributed by atoms with Crippen LogP contribution >= 0.6 is 0 Å². The highest BCUT2D eigenvalue weighted by molar-refractivity contribution is 5.84. The zero-order valence-electron chi connectivity index (χ0n) is 4.33. The van der Waals surface area contributed by atoms with Crippen molar-refractivity contribution in [2.45, 2.75) is 0 Å². The number of hydrogen-bond donors (Lipinski definition) is 1. The summed E-state index contributed by atoms with van der Waals surface area (Å²) in [5.74, 6) is -0.481. The van der Waals surface area contributed by atoms with Gasteiger partial charge in [0.05, 0.1) is 0 Å². The van der Waals surface area contributed by atoms with Crippen LogP contribution in [0.15, 0.2) is 25.2 Å². The molecule has 2 N–H and O–H groups in total. The van der Waals surface area contributed by atoms with Crippen molar-refractivity contribution in [1.29, 1.82) is 0 Å². The Bertz CT molecular complexity index is 114. The van der Waals surface area contributed by atoms with Gasteiger partial charge in [-0.3, -0.25) is 4.79 Å². The highest BCUT2D eigenvalue weighted by atomic mass is 16.5. The minimum atomic E-state index is -0.481. The molecule has 0 unspecified atom stereocenters. The molecule has 3 nitrogen and oxygen atoms in total. The lowest BCUT2D eigenvalue weighted by Gasteiger charge is -1.65. The molecule has 0 aromatic carbocycles. The second kappa shape index (κ2) is 3.92. The van der Waals surface area contributed by atoms with Crippen molar-refractivity contribution in [3.63, 3.8) is 0 Å². The van der Waals surface area contributed by atoms with Crippen LogP contribution in [-0.2, 0) is 9.53 Å². The van der Waals surface area contributed by atoms with Crippen LogP contribution in [0.5, 0.6) is 0 Å². The molecule has 1 amide bonds. The molecule has 0 aliphatic carbocycles. The Kier molecular flexibility index (Phi) is 3.31. The molecule has 0 fully saturated rings. The second-order valence-corrected chi connectivity index (χ2v) is 1.01. The third-order valence-electron chi connectivity index (χ3n) is 0.337. The summed E-state index contributed by atoms with van der Waals surface area (Å²) in [5.41, 5.74) is 4.53. The highest BCUT2D eigenvalue weighted by Crippen LogP contribution is 1.89. The summed E-state index contributed by atoms with van der Waals surface area (Å²) in [6.45, 7) is 3.09. The highest BCUT2D eigenvalue weighted by Gasteiger charge is 1.74. The number of hydrogen-bond acceptors (Lipinski definition) is 2. The zero-order valence-corrected chi connectivity index (χ0v) is 4.33. The second-order valence-electron chi connectivity index (χ2n) is 1.01. The number of nitrogens with two attached hydrogens (primary N) is 1. The lowest BCUT2D eigenvalue weighted by molar-refractivity contribution is -0.113. The van der Waals surface area contributed by atoms with Crippen molar-refractivity contribution in [2.75, 3.05) is 0 Å². The van der Waals surface area contributed by atoms with E-state index in [0.29, 0.717) is 0 Å². The lowest BCUT2D eigenvalue weighted by Crippen LogP contribution is -2.04. The van der Waals surface area contributed by atoms with Crippen molar-refractivity contribution >= 4 is 5.91 Å². The molecule has 0 aromatic rings. The van der Waals surface area contributed by atoms with Gasteiger partial charge in [-0.15, -0.1) is 0 Å². The lowest BCUT2D eigenvalue weighted by atomic mass is 10.6. The molecule has 3 heteroatoms. The number of amides is 1. The molecule has 0 aromatic heterocycles. The van der Waals surface area contributed by atoms with Crippen LogP contribution in [0.4, 0.5) is 0 Å². The fourth-order valence-corrected chi connectivity index (χ4v) is 0. The molecular formula is C5H7NO2. The summed E-state index contributed by atoms with van der Waals surface area (Å²) in [4.78, 5) is 9.47. The first-order valence-electron chi connectivity index (χ1n) is 1.99. The summed E-state index contributed by atoms with van der Waals surface area (Å²) in [6, 6.07) is 0. The van der Waals surface area contributed by atoms with E-state index < -0.39 is 5.91 Å². The van der Waals surface area contributed by atoms with E-state index in [1.807, 2.05) is 0 Å². The molecule has 0 saturated carbocycles. The van der Waals surface area contributed by atoms with E-state index in [2.05, 4.69) is 17.0 Å². The summed E-state index contributed by atoms with van der Waals surface area (Å²) in [5, 5.41) is 0. The standard InChI is InChI=1S/C3H5NO.C2H2O/c1-2-3(4)5;1-2-3-1/h2H,1H2,(H2,4,5);1-2H. The monoisotopic (exact) mass is 113 g/mol. The predicted molar refractivity (Wildman–Crippen MR) is 29.6 cm³/mol. The van der Waals surface area contributed by atoms with Gasteiger partial charge in [-0.1, -0.05) is 6.58 Å². The van der Waals surface area contributed by atoms with E-state index in [4.69, 9.17) is 0 Å². The van der Waals surface area contributed by atoms with Crippen LogP contribution < -0.4 is 5.73 Å². The van der Waals surface area contributed by atoms with Crippen LogP contribution in [0, 0.1) is 0 Å². The number of rotatable bonds is 1. The van der Waals surface area contributed by atoms with Crippen molar-refractivity contribution in [1.82, 2.24) is 0 Å². The Morgan fingerprint density at radius 1 is 1.75 bits per heavy atom. The van der Waals surface area contributed by atoms with Gasteiger partial charge in [-0.25, -0.2) is 0 Å². The van der Waals surface area contributed by atoms with Gasteiger partial charge in [0.15, 0.2) is 0 Å². The van der Waals surface area contributed by atoms with Gasteiger partial charge in [0.25, 0.3) is 0 Å².